The molecule has 6 rings (SSSR count). The summed E-state index contributed by atoms with van der Waals surface area (Å²) in [5.41, 5.74) is 0.505. The maximum absolute atomic E-state index is 14.7. The molecule has 4 N–H and O–H groups in total. The third kappa shape index (κ3) is 9.76. The fourth-order valence-electron chi connectivity index (χ4n) is 6.44. The first-order valence-corrected chi connectivity index (χ1v) is 19.7. The quantitative estimate of drug-likeness (QED) is 0.0918. The summed E-state index contributed by atoms with van der Waals surface area (Å²) < 4.78 is 39.8. The largest absolute Gasteiger partial charge is 0.461 e. The van der Waals surface area contributed by atoms with Gasteiger partial charge in [-0.3, -0.25) is 23.7 Å². The minimum atomic E-state index is -4.38. The number of hydrogen-bond donors (Lipinski definition) is 4. The van der Waals surface area contributed by atoms with E-state index < -0.39 is 56.0 Å². The number of aromatic nitrogens is 3. The first-order chi connectivity index (χ1) is 24.7. The van der Waals surface area contributed by atoms with Crippen molar-refractivity contribution in [2.75, 3.05) is 6.61 Å². The van der Waals surface area contributed by atoms with Crippen LogP contribution in [0.1, 0.15) is 68.9 Å². The lowest BCUT2D eigenvalue weighted by Gasteiger charge is -2.27. The van der Waals surface area contributed by atoms with Gasteiger partial charge in [0.1, 0.15) is 30.2 Å². The van der Waals surface area contributed by atoms with Gasteiger partial charge in [0.15, 0.2) is 0 Å². The molecule has 51 heavy (non-hydrogen) atoms. The molecule has 3 heterocycles. The van der Waals surface area contributed by atoms with Crippen LogP contribution in [-0.2, 0) is 29.8 Å². The van der Waals surface area contributed by atoms with Crippen molar-refractivity contribution in [1.29, 1.82) is 0 Å². The summed E-state index contributed by atoms with van der Waals surface area (Å²) in [4.78, 5) is 45.8. The fourth-order valence-corrected chi connectivity index (χ4v) is 8.22. The molecule has 0 radical (unpaired) electrons. The molecule has 1 aliphatic heterocycles. The van der Waals surface area contributed by atoms with Gasteiger partial charge in [0.25, 0.3) is 5.56 Å². The minimum absolute atomic E-state index is 0.00849. The predicted octanol–water partition coefficient (Wildman–Crippen LogP) is 6.09. The first-order valence-electron chi connectivity index (χ1n) is 17.2. The SMILES string of the molecule is O=C(OC1CCCCCCC1)[C@H](Cc1cc2ccccc2[nH]1)NP(=O)(OCC1OC(n2cc(C=CBr)c(=O)[nH]c2=O)CC1O)Oc1ccccc1. The van der Waals surface area contributed by atoms with Crippen molar-refractivity contribution in [3.8, 4) is 5.75 Å². The number of carbonyl (C=O) groups excluding carboxylic acids is 1. The summed E-state index contributed by atoms with van der Waals surface area (Å²) >= 11 is 3.13. The van der Waals surface area contributed by atoms with Crippen LogP contribution in [0.3, 0.4) is 0 Å². The number of halogens is 1. The Hall–Kier alpha value is -3.78. The third-order valence-electron chi connectivity index (χ3n) is 9.07. The highest BCUT2D eigenvalue weighted by molar-refractivity contribution is 9.11. The number of ether oxygens (including phenoxy) is 2. The van der Waals surface area contributed by atoms with Gasteiger partial charge in [0, 0.05) is 30.2 Å². The van der Waals surface area contributed by atoms with Crippen LogP contribution >= 0.6 is 23.7 Å². The molecule has 2 aliphatic rings. The summed E-state index contributed by atoms with van der Waals surface area (Å²) in [7, 11) is -4.38. The maximum Gasteiger partial charge on any atom is 0.459 e. The lowest BCUT2D eigenvalue weighted by Crippen LogP contribution is -2.41. The Morgan fingerprint density at radius 2 is 1.78 bits per heavy atom. The van der Waals surface area contributed by atoms with Gasteiger partial charge in [0.05, 0.1) is 18.3 Å². The number of nitrogens with zero attached hydrogens (tertiary/aromatic N) is 1. The standard InChI is InChI=1S/C36H42BrN4O9P/c37-18-17-25-22-41(36(45)39-34(25)43)33-21-31(42)32(49-33)23-47-51(46,50-28-14-7-4-8-15-28)40-30(20-26-19-24-11-9-10-16-29(24)38-26)35(44)48-27-12-5-2-1-3-6-13-27/h4,7-11,14-19,22,27,30-33,38,42H,1-3,5-6,12-13,20-21,23H2,(H,40,46)(H,39,43,45)/t30-,31?,32?,33?,51?/m0/s1. The van der Waals surface area contributed by atoms with E-state index in [1.54, 1.807) is 30.3 Å². The Labute approximate surface area is 303 Å². The number of aliphatic hydroxyl groups excluding tert-OH is 1. The molecule has 272 valence electrons. The maximum atomic E-state index is 14.7. The highest BCUT2D eigenvalue weighted by Gasteiger charge is 2.41. The van der Waals surface area contributed by atoms with E-state index in [9.17, 15) is 24.1 Å². The number of esters is 1. The molecule has 2 fully saturated rings. The number of fused-ring (bicyclic) bond motifs is 1. The molecular formula is C36H42BrN4O9P. The Kier molecular flexibility index (Phi) is 12.4. The molecule has 1 aliphatic carbocycles. The van der Waals surface area contributed by atoms with Gasteiger partial charge in [-0.1, -0.05) is 71.6 Å². The smallest absolute Gasteiger partial charge is 0.459 e. The average molecular weight is 786 g/mol. The summed E-state index contributed by atoms with van der Waals surface area (Å²) in [5, 5.41) is 14.8. The fraction of sp³-hybridized carbons (Fsp3) is 0.417. The van der Waals surface area contributed by atoms with Crippen LogP contribution in [0.5, 0.6) is 5.75 Å². The first kappa shape index (κ1) is 37.0. The molecule has 2 aromatic carbocycles. The van der Waals surface area contributed by atoms with E-state index in [1.165, 1.54) is 28.2 Å². The molecular weight excluding hydrogens is 743 g/mol. The lowest BCUT2D eigenvalue weighted by molar-refractivity contribution is -0.152. The average Bonchev–Trinajstić information content (AvgIpc) is 3.68. The number of hydrogen-bond acceptors (Lipinski definition) is 9. The zero-order valence-electron chi connectivity index (χ0n) is 27.9. The van der Waals surface area contributed by atoms with Crippen LogP contribution in [-0.4, -0.2) is 56.6 Å². The molecule has 0 amide bonds. The molecule has 2 aromatic heterocycles. The van der Waals surface area contributed by atoms with Crippen LogP contribution in [0.2, 0.25) is 0 Å². The normalized spacial score (nSPS) is 22.0. The Bertz CT molecular complexity index is 1940. The number of nitrogens with one attached hydrogen (secondary N) is 3. The van der Waals surface area contributed by atoms with Crippen molar-refractivity contribution in [2.24, 2.45) is 0 Å². The highest BCUT2D eigenvalue weighted by Crippen LogP contribution is 2.46. The molecule has 4 aromatic rings. The van der Waals surface area contributed by atoms with Gasteiger partial charge in [-0.15, -0.1) is 0 Å². The van der Waals surface area contributed by atoms with Crippen LogP contribution in [0.4, 0.5) is 0 Å². The molecule has 15 heteroatoms. The molecule has 13 nitrogen and oxygen atoms in total. The van der Waals surface area contributed by atoms with Crippen LogP contribution in [0, 0.1) is 0 Å². The zero-order valence-corrected chi connectivity index (χ0v) is 30.4. The van der Waals surface area contributed by atoms with Crippen molar-refractivity contribution >= 4 is 46.6 Å². The van der Waals surface area contributed by atoms with E-state index >= 15 is 0 Å². The van der Waals surface area contributed by atoms with Gasteiger partial charge >= 0.3 is 19.4 Å². The molecule has 0 bridgehead atoms. The monoisotopic (exact) mass is 784 g/mol. The van der Waals surface area contributed by atoms with Crippen molar-refractivity contribution < 1.29 is 33.0 Å². The van der Waals surface area contributed by atoms with Crippen LogP contribution < -0.4 is 20.9 Å². The molecule has 0 spiro atoms. The Morgan fingerprint density at radius 1 is 1.06 bits per heavy atom. The highest BCUT2D eigenvalue weighted by atomic mass is 79.9. The topological polar surface area (TPSA) is 174 Å². The number of carbonyl (C=O) groups is 1. The number of rotatable bonds is 13. The van der Waals surface area contributed by atoms with E-state index in [2.05, 4.69) is 31.0 Å². The van der Waals surface area contributed by atoms with E-state index in [0.29, 0.717) is 5.69 Å². The van der Waals surface area contributed by atoms with Gasteiger partial charge in [-0.05, 0) is 66.4 Å². The summed E-state index contributed by atoms with van der Waals surface area (Å²) in [6, 6.07) is 16.9. The van der Waals surface area contributed by atoms with Crippen LogP contribution in [0.15, 0.2) is 81.4 Å². The zero-order chi connectivity index (χ0) is 35.8. The number of aliphatic hydroxyl groups is 1. The van der Waals surface area contributed by atoms with Crippen molar-refractivity contribution in [3.05, 3.63) is 104 Å². The van der Waals surface area contributed by atoms with E-state index in [4.69, 9.17) is 18.5 Å². The minimum Gasteiger partial charge on any atom is -0.461 e. The van der Waals surface area contributed by atoms with Crippen molar-refractivity contribution in [1.82, 2.24) is 19.6 Å². The van der Waals surface area contributed by atoms with E-state index in [0.717, 1.165) is 49.4 Å². The van der Waals surface area contributed by atoms with E-state index in [1.807, 2.05) is 30.3 Å². The van der Waals surface area contributed by atoms with Gasteiger partial charge in [-0.25, -0.2) is 9.36 Å². The van der Waals surface area contributed by atoms with Gasteiger partial charge in [0.2, 0.25) is 0 Å². The number of para-hydroxylation sites is 2. The third-order valence-corrected chi connectivity index (χ3v) is 10.9. The second-order valence-electron chi connectivity index (χ2n) is 12.8. The van der Waals surface area contributed by atoms with Gasteiger partial charge < -0.3 is 24.1 Å². The van der Waals surface area contributed by atoms with E-state index in [-0.39, 0.29) is 30.3 Å². The molecule has 5 atom stereocenters. The second kappa shape index (κ2) is 17.2. The van der Waals surface area contributed by atoms with Crippen molar-refractivity contribution in [3.63, 3.8) is 0 Å². The number of benzene rings is 2. The predicted molar refractivity (Wildman–Crippen MR) is 196 cm³/mol. The summed E-state index contributed by atoms with van der Waals surface area (Å²) in [6.07, 6.45) is 6.28. The summed E-state index contributed by atoms with van der Waals surface area (Å²) in [5.74, 6) is -0.355. The number of H-pyrrole nitrogens is 2. The number of aromatic amines is 2. The lowest BCUT2D eigenvalue weighted by atomic mass is 9.98. The second-order valence-corrected chi connectivity index (χ2v) is 15.1. The summed E-state index contributed by atoms with van der Waals surface area (Å²) in [6.45, 7) is -0.419. The van der Waals surface area contributed by atoms with Crippen molar-refractivity contribution in [2.45, 2.75) is 88.4 Å². The molecule has 1 saturated heterocycles. The van der Waals surface area contributed by atoms with Crippen LogP contribution in [0.25, 0.3) is 17.0 Å². The molecule has 4 unspecified atom stereocenters. The molecule has 1 saturated carbocycles. The van der Waals surface area contributed by atoms with Gasteiger partial charge in [-0.2, -0.15) is 5.09 Å². The Balaban J connectivity index is 1.24. The Morgan fingerprint density at radius 3 is 2.53 bits per heavy atom.